The van der Waals surface area contributed by atoms with Gasteiger partial charge in [-0.15, -0.1) is 11.3 Å². The van der Waals surface area contributed by atoms with Crippen LogP contribution in [-0.2, 0) is 0 Å². The number of amides is 2. The largest absolute Gasteiger partial charge is 0.322 e. The van der Waals surface area contributed by atoms with Crippen LogP contribution >= 0.6 is 11.3 Å². The fourth-order valence-corrected chi connectivity index (χ4v) is 4.17. The van der Waals surface area contributed by atoms with Gasteiger partial charge in [-0.05, 0) is 56.5 Å². The van der Waals surface area contributed by atoms with Gasteiger partial charge in [0.1, 0.15) is 5.82 Å². The summed E-state index contributed by atoms with van der Waals surface area (Å²) in [4.78, 5) is 17.2. The molecule has 0 unspecified atom stereocenters. The molecular weight excluding hydrogens is 323 g/mol. The molecule has 24 heavy (non-hydrogen) atoms. The van der Waals surface area contributed by atoms with E-state index in [0.717, 1.165) is 32.2 Å². The van der Waals surface area contributed by atoms with Crippen LogP contribution in [0.15, 0.2) is 30.3 Å². The minimum Gasteiger partial charge on any atom is -0.317 e. The standard InChI is InChI=1S/C19H23FN2OS/c1-13-7-9-15(12-16(13)20)21-19(23)22-11-5-3-4-6-17(22)18-10-8-14(2)24-18/h7-10,12,17H,3-6,11H2,1-2H3,(H,21,23)/t17-/m1/s1. The summed E-state index contributed by atoms with van der Waals surface area (Å²) < 4.78 is 13.7. The van der Waals surface area contributed by atoms with Crippen molar-refractivity contribution in [3.05, 3.63) is 51.5 Å². The molecule has 5 heteroatoms. The molecule has 1 aromatic carbocycles. The van der Waals surface area contributed by atoms with Gasteiger partial charge in [0.15, 0.2) is 0 Å². The van der Waals surface area contributed by atoms with E-state index in [9.17, 15) is 9.18 Å². The summed E-state index contributed by atoms with van der Waals surface area (Å²) in [6, 6.07) is 9.03. The van der Waals surface area contributed by atoms with Gasteiger partial charge in [0.25, 0.3) is 0 Å². The Balaban J connectivity index is 1.80. The maximum atomic E-state index is 13.7. The van der Waals surface area contributed by atoms with Crippen molar-refractivity contribution < 1.29 is 9.18 Å². The third kappa shape index (κ3) is 3.78. The van der Waals surface area contributed by atoms with Crippen LogP contribution in [0.25, 0.3) is 0 Å². The number of anilines is 1. The average molecular weight is 346 g/mol. The molecule has 0 spiro atoms. The predicted octanol–water partition coefficient (Wildman–Crippen LogP) is 5.65. The molecule has 128 valence electrons. The molecule has 2 aromatic rings. The molecule has 2 amide bonds. The zero-order chi connectivity index (χ0) is 17.1. The fraction of sp³-hybridized carbons (Fsp3) is 0.421. The molecule has 3 rings (SSSR count). The number of aryl methyl sites for hydroxylation is 2. The first-order valence-corrected chi connectivity index (χ1v) is 9.26. The fourth-order valence-electron chi connectivity index (χ4n) is 3.15. The highest BCUT2D eigenvalue weighted by Gasteiger charge is 2.27. The number of carbonyl (C=O) groups is 1. The molecule has 0 saturated carbocycles. The second-order valence-corrected chi connectivity index (χ2v) is 7.72. The SMILES string of the molecule is Cc1ccc([C@H]2CCCCCN2C(=O)Nc2ccc(C)c(F)c2)s1. The molecule has 1 N–H and O–H groups in total. The van der Waals surface area contributed by atoms with Crippen molar-refractivity contribution in [3.63, 3.8) is 0 Å². The van der Waals surface area contributed by atoms with E-state index in [1.807, 2.05) is 4.90 Å². The van der Waals surface area contributed by atoms with Crippen LogP contribution in [0, 0.1) is 19.7 Å². The monoisotopic (exact) mass is 346 g/mol. The molecule has 1 saturated heterocycles. The lowest BCUT2D eigenvalue weighted by Gasteiger charge is -2.29. The molecular formula is C19H23FN2OS. The van der Waals surface area contributed by atoms with Gasteiger partial charge in [-0.2, -0.15) is 0 Å². The van der Waals surface area contributed by atoms with E-state index in [-0.39, 0.29) is 17.9 Å². The zero-order valence-electron chi connectivity index (χ0n) is 14.1. The molecule has 1 atom stereocenters. The minimum atomic E-state index is -0.297. The highest BCUT2D eigenvalue weighted by atomic mass is 32.1. The highest BCUT2D eigenvalue weighted by molar-refractivity contribution is 7.12. The quantitative estimate of drug-likeness (QED) is 0.748. The van der Waals surface area contributed by atoms with Crippen LogP contribution < -0.4 is 5.32 Å². The number of halogens is 1. The second kappa shape index (κ2) is 7.34. The number of rotatable bonds is 2. The summed E-state index contributed by atoms with van der Waals surface area (Å²) in [7, 11) is 0. The molecule has 1 fully saturated rings. The third-order valence-corrected chi connectivity index (χ3v) is 5.63. The molecule has 0 bridgehead atoms. The number of thiophene rings is 1. The number of hydrogen-bond donors (Lipinski definition) is 1. The number of urea groups is 1. The lowest BCUT2D eigenvalue weighted by atomic mass is 10.1. The van der Waals surface area contributed by atoms with E-state index in [4.69, 9.17) is 0 Å². The van der Waals surface area contributed by atoms with Crippen molar-refractivity contribution in [2.45, 2.75) is 45.6 Å². The number of benzene rings is 1. The number of nitrogens with one attached hydrogen (secondary N) is 1. The van der Waals surface area contributed by atoms with Crippen molar-refractivity contribution in [1.82, 2.24) is 4.90 Å². The lowest BCUT2D eigenvalue weighted by Crippen LogP contribution is -2.37. The summed E-state index contributed by atoms with van der Waals surface area (Å²) in [5, 5.41) is 2.87. The molecule has 0 radical (unpaired) electrons. The van der Waals surface area contributed by atoms with Gasteiger partial charge in [0.2, 0.25) is 0 Å². The van der Waals surface area contributed by atoms with Gasteiger partial charge in [0, 0.05) is 22.0 Å². The van der Waals surface area contributed by atoms with Gasteiger partial charge >= 0.3 is 6.03 Å². The summed E-state index contributed by atoms with van der Waals surface area (Å²) in [5.74, 6) is -0.297. The molecule has 0 aliphatic carbocycles. The second-order valence-electron chi connectivity index (χ2n) is 6.40. The first-order chi connectivity index (χ1) is 11.5. The van der Waals surface area contributed by atoms with E-state index in [1.54, 1.807) is 30.4 Å². The Morgan fingerprint density at radius 2 is 2.04 bits per heavy atom. The van der Waals surface area contributed by atoms with Crippen LogP contribution in [0.4, 0.5) is 14.9 Å². The Kier molecular flexibility index (Phi) is 5.19. The summed E-state index contributed by atoms with van der Waals surface area (Å²) in [5.41, 5.74) is 1.09. The highest BCUT2D eigenvalue weighted by Crippen LogP contribution is 2.34. The van der Waals surface area contributed by atoms with Crippen molar-refractivity contribution in [1.29, 1.82) is 0 Å². The van der Waals surface area contributed by atoms with Crippen molar-refractivity contribution in [2.24, 2.45) is 0 Å². The van der Waals surface area contributed by atoms with Crippen LogP contribution in [0.2, 0.25) is 0 Å². The summed E-state index contributed by atoms with van der Waals surface area (Å²) in [6.45, 7) is 4.54. The number of hydrogen-bond acceptors (Lipinski definition) is 2. The van der Waals surface area contributed by atoms with Gasteiger partial charge in [-0.1, -0.05) is 18.9 Å². The Hall–Kier alpha value is -1.88. The summed E-state index contributed by atoms with van der Waals surface area (Å²) >= 11 is 1.75. The topological polar surface area (TPSA) is 32.3 Å². The van der Waals surface area contributed by atoms with E-state index >= 15 is 0 Å². The maximum Gasteiger partial charge on any atom is 0.322 e. The van der Waals surface area contributed by atoms with E-state index < -0.39 is 0 Å². The smallest absolute Gasteiger partial charge is 0.317 e. The zero-order valence-corrected chi connectivity index (χ0v) is 15.0. The molecule has 1 aliphatic heterocycles. The number of carbonyl (C=O) groups excluding carboxylic acids is 1. The number of nitrogens with zero attached hydrogens (tertiary/aromatic N) is 1. The van der Waals surface area contributed by atoms with Crippen LogP contribution in [0.5, 0.6) is 0 Å². The van der Waals surface area contributed by atoms with E-state index in [2.05, 4.69) is 24.4 Å². The van der Waals surface area contributed by atoms with Crippen LogP contribution in [0.1, 0.15) is 47.0 Å². The summed E-state index contributed by atoms with van der Waals surface area (Å²) in [6.07, 6.45) is 4.26. The molecule has 3 nitrogen and oxygen atoms in total. The first-order valence-electron chi connectivity index (χ1n) is 8.45. The Bertz CT molecular complexity index is 728. The Morgan fingerprint density at radius 3 is 2.75 bits per heavy atom. The first kappa shape index (κ1) is 17.0. The molecule has 1 aromatic heterocycles. The Labute approximate surface area is 146 Å². The van der Waals surface area contributed by atoms with Crippen molar-refractivity contribution in [2.75, 3.05) is 11.9 Å². The molecule has 1 aliphatic rings. The van der Waals surface area contributed by atoms with Crippen LogP contribution in [0.3, 0.4) is 0 Å². The van der Waals surface area contributed by atoms with Gasteiger partial charge in [-0.25, -0.2) is 9.18 Å². The molecule has 2 heterocycles. The third-order valence-electron chi connectivity index (χ3n) is 4.53. The van der Waals surface area contributed by atoms with Gasteiger partial charge in [0.05, 0.1) is 6.04 Å². The lowest BCUT2D eigenvalue weighted by molar-refractivity contribution is 0.190. The maximum absolute atomic E-state index is 13.7. The normalized spacial score (nSPS) is 18.3. The Morgan fingerprint density at radius 1 is 1.21 bits per heavy atom. The number of likely N-dealkylation sites (tertiary alicyclic amines) is 1. The van der Waals surface area contributed by atoms with Crippen molar-refractivity contribution >= 4 is 23.1 Å². The van der Waals surface area contributed by atoms with Crippen LogP contribution in [-0.4, -0.2) is 17.5 Å². The average Bonchev–Trinajstić information content (AvgIpc) is 2.83. The minimum absolute atomic E-state index is 0.112. The predicted molar refractivity (Wildman–Crippen MR) is 97.1 cm³/mol. The van der Waals surface area contributed by atoms with Crippen molar-refractivity contribution in [3.8, 4) is 0 Å². The van der Waals surface area contributed by atoms with Gasteiger partial charge < -0.3 is 10.2 Å². The van der Waals surface area contributed by atoms with E-state index in [1.165, 1.54) is 15.8 Å². The van der Waals surface area contributed by atoms with E-state index in [0.29, 0.717) is 11.3 Å². The van der Waals surface area contributed by atoms with Gasteiger partial charge in [-0.3, -0.25) is 0 Å².